The van der Waals surface area contributed by atoms with Crippen LogP contribution in [0.15, 0.2) is 23.1 Å². The van der Waals surface area contributed by atoms with E-state index in [9.17, 15) is 4.79 Å². The maximum atomic E-state index is 12.4. The van der Waals surface area contributed by atoms with Crippen LogP contribution in [-0.2, 0) is 0 Å². The molecule has 2 unspecified atom stereocenters. The Kier molecular flexibility index (Phi) is 4.88. The number of hydrogen-bond acceptors (Lipinski definition) is 3. The first-order valence-electron chi connectivity index (χ1n) is 6.78. The molecule has 1 amide bonds. The Morgan fingerprint density at radius 3 is 2.95 bits per heavy atom. The molecule has 1 fully saturated rings. The smallest absolute Gasteiger partial charge is 0.251 e. The van der Waals surface area contributed by atoms with Crippen molar-refractivity contribution in [2.45, 2.75) is 31.2 Å². The Balaban J connectivity index is 2.10. The number of benzene rings is 1. The minimum absolute atomic E-state index is 0.0622. The highest BCUT2D eigenvalue weighted by molar-refractivity contribution is 7.98. The molecule has 2 N–H and O–H groups in total. The fourth-order valence-electron chi connectivity index (χ4n) is 2.45. The van der Waals surface area contributed by atoms with Crippen LogP contribution in [0.1, 0.15) is 29.3 Å². The Morgan fingerprint density at radius 2 is 2.26 bits per heavy atom. The van der Waals surface area contributed by atoms with Gasteiger partial charge in [0, 0.05) is 16.5 Å². The van der Waals surface area contributed by atoms with Gasteiger partial charge < -0.3 is 10.6 Å². The zero-order chi connectivity index (χ0) is 13.8. The second kappa shape index (κ2) is 6.44. The number of thioether (sulfide) groups is 1. The molecule has 4 heteroatoms. The molecule has 1 aromatic rings. The molecular formula is C15H22N2OS. The lowest BCUT2D eigenvalue weighted by atomic mass is 9.95. The van der Waals surface area contributed by atoms with Crippen LogP contribution >= 0.6 is 11.8 Å². The van der Waals surface area contributed by atoms with E-state index in [0.717, 1.165) is 35.5 Å². The summed E-state index contributed by atoms with van der Waals surface area (Å²) in [6.07, 6.45) is 3.04. The Hall–Kier alpha value is -1.00. The molecule has 0 aliphatic carbocycles. The van der Waals surface area contributed by atoms with Crippen molar-refractivity contribution in [2.24, 2.45) is 5.92 Å². The van der Waals surface area contributed by atoms with Crippen LogP contribution < -0.4 is 10.6 Å². The van der Waals surface area contributed by atoms with Crippen LogP contribution in [0.3, 0.4) is 0 Å². The Morgan fingerprint density at radius 1 is 1.47 bits per heavy atom. The summed E-state index contributed by atoms with van der Waals surface area (Å²) in [5.74, 6) is 0.550. The van der Waals surface area contributed by atoms with Gasteiger partial charge in [-0.2, -0.15) is 0 Å². The lowest BCUT2D eigenvalue weighted by Crippen LogP contribution is -2.48. The van der Waals surface area contributed by atoms with E-state index < -0.39 is 0 Å². The standard InChI is InChI=1S/C15H22N2OS/c1-10-4-5-12(19-3)8-13(10)15(18)17-14-6-7-16-9-11(14)2/h4-5,8,11,14,16H,6-7,9H2,1-3H3,(H,17,18). The van der Waals surface area contributed by atoms with E-state index in [2.05, 4.69) is 23.6 Å². The summed E-state index contributed by atoms with van der Waals surface area (Å²) in [7, 11) is 0. The van der Waals surface area contributed by atoms with Gasteiger partial charge in [0.05, 0.1) is 0 Å². The van der Waals surface area contributed by atoms with Gasteiger partial charge in [-0.3, -0.25) is 4.79 Å². The van der Waals surface area contributed by atoms with Gasteiger partial charge in [-0.25, -0.2) is 0 Å². The lowest BCUT2D eigenvalue weighted by molar-refractivity contribution is 0.0913. The second-order valence-corrected chi connectivity index (χ2v) is 6.11. The number of piperidine rings is 1. The number of rotatable bonds is 3. The van der Waals surface area contributed by atoms with Crippen LogP contribution in [0.4, 0.5) is 0 Å². The van der Waals surface area contributed by atoms with Crippen molar-refractivity contribution in [3.63, 3.8) is 0 Å². The van der Waals surface area contributed by atoms with Crippen LogP contribution in [0.25, 0.3) is 0 Å². The van der Waals surface area contributed by atoms with Gasteiger partial charge >= 0.3 is 0 Å². The molecule has 1 aliphatic rings. The summed E-state index contributed by atoms with van der Waals surface area (Å²) in [6.45, 7) is 6.14. The quantitative estimate of drug-likeness (QED) is 0.835. The average Bonchev–Trinajstić information content (AvgIpc) is 2.42. The topological polar surface area (TPSA) is 41.1 Å². The Labute approximate surface area is 119 Å². The first-order chi connectivity index (χ1) is 9.11. The van der Waals surface area contributed by atoms with E-state index in [4.69, 9.17) is 0 Å². The summed E-state index contributed by atoms with van der Waals surface area (Å²) in [5, 5.41) is 6.54. The van der Waals surface area contributed by atoms with Crippen molar-refractivity contribution in [2.75, 3.05) is 19.3 Å². The molecule has 2 atom stereocenters. The van der Waals surface area contributed by atoms with Crippen molar-refractivity contribution < 1.29 is 4.79 Å². The lowest BCUT2D eigenvalue weighted by Gasteiger charge is -2.30. The predicted molar refractivity (Wildman–Crippen MR) is 80.9 cm³/mol. The number of nitrogens with one attached hydrogen (secondary N) is 2. The third-order valence-corrected chi connectivity index (χ3v) is 4.52. The zero-order valence-electron chi connectivity index (χ0n) is 11.8. The summed E-state index contributed by atoms with van der Waals surface area (Å²) >= 11 is 1.67. The van der Waals surface area contributed by atoms with Crippen molar-refractivity contribution in [1.29, 1.82) is 0 Å². The van der Waals surface area contributed by atoms with Crippen LogP contribution in [0.5, 0.6) is 0 Å². The predicted octanol–water partition coefficient (Wildman–Crippen LogP) is 2.44. The van der Waals surface area contributed by atoms with E-state index in [1.165, 1.54) is 0 Å². The minimum Gasteiger partial charge on any atom is -0.349 e. The number of aryl methyl sites for hydroxylation is 1. The van der Waals surface area contributed by atoms with Gasteiger partial charge in [0.2, 0.25) is 0 Å². The highest BCUT2D eigenvalue weighted by Crippen LogP contribution is 2.20. The van der Waals surface area contributed by atoms with E-state index in [1.807, 2.05) is 25.3 Å². The SMILES string of the molecule is CSc1ccc(C)c(C(=O)NC2CCNCC2C)c1. The van der Waals surface area contributed by atoms with Gasteiger partial charge in [0.25, 0.3) is 5.91 Å². The molecule has 1 aliphatic heterocycles. The van der Waals surface area contributed by atoms with Crippen LogP contribution in [-0.4, -0.2) is 31.3 Å². The molecular weight excluding hydrogens is 256 g/mol. The monoisotopic (exact) mass is 278 g/mol. The molecule has 3 nitrogen and oxygen atoms in total. The number of hydrogen-bond donors (Lipinski definition) is 2. The largest absolute Gasteiger partial charge is 0.349 e. The van der Waals surface area contributed by atoms with Crippen molar-refractivity contribution >= 4 is 17.7 Å². The highest BCUT2D eigenvalue weighted by atomic mass is 32.2. The van der Waals surface area contributed by atoms with Crippen molar-refractivity contribution in [1.82, 2.24) is 10.6 Å². The molecule has 2 rings (SSSR count). The van der Waals surface area contributed by atoms with Crippen molar-refractivity contribution in [3.05, 3.63) is 29.3 Å². The van der Waals surface area contributed by atoms with E-state index in [1.54, 1.807) is 11.8 Å². The maximum absolute atomic E-state index is 12.4. The molecule has 0 bridgehead atoms. The van der Waals surface area contributed by atoms with Gasteiger partial charge in [0.1, 0.15) is 0 Å². The molecule has 19 heavy (non-hydrogen) atoms. The first-order valence-corrected chi connectivity index (χ1v) is 8.00. The zero-order valence-corrected chi connectivity index (χ0v) is 12.6. The van der Waals surface area contributed by atoms with Gasteiger partial charge in [-0.15, -0.1) is 11.8 Å². The summed E-state index contributed by atoms with van der Waals surface area (Å²) in [6, 6.07) is 6.35. The minimum atomic E-state index is 0.0622. The van der Waals surface area contributed by atoms with E-state index >= 15 is 0 Å². The summed E-state index contributed by atoms with van der Waals surface area (Å²) in [4.78, 5) is 13.5. The Bertz CT molecular complexity index is 461. The molecule has 1 saturated heterocycles. The molecule has 0 aromatic heterocycles. The van der Waals surface area contributed by atoms with Crippen LogP contribution in [0.2, 0.25) is 0 Å². The molecule has 0 saturated carbocycles. The fourth-order valence-corrected chi connectivity index (χ4v) is 2.89. The maximum Gasteiger partial charge on any atom is 0.251 e. The normalized spacial score (nSPS) is 23.1. The third kappa shape index (κ3) is 3.51. The molecule has 1 aromatic carbocycles. The molecule has 0 radical (unpaired) electrons. The van der Waals surface area contributed by atoms with E-state index in [0.29, 0.717) is 5.92 Å². The van der Waals surface area contributed by atoms with Gasteiger partial charge in [-0.05, 0) is 56.3 Å². The second-order valence-electron chi connectivity index (χ2n) is 5.23. The van der Waals surface area contributed by atoms with Crippen LogP contribution in [0, 0.1) is 12.8 Å². The fraction of sp³-hybridized carbons (Fsp3) is 0.533. The van der Waals surface area contributed by atoms with Gasteiger partial charge in [0.15, 0.2) is 0 Å². The molecule has 0 spiro atoms. The van der Waals surface area contributed by atoms with Crippen molar-refractivity contribution in [3.8, 4) is 0 Å². The average molecular weight is 278 g/mol. The summed E-state index contributed by atoms with van der Waals surface area (Å²) < 4.78 is 0. The number of carbonyl (C=O) groups excluding carboxylic acids is 1. The number of amides is 1. The molecule has 104 valence electrons. The highest BCUT2D eigenvalue weighted by Gasteiger charge is 2.23. The molecule has 1 heterocycles. The first kappa shape index (κ1) is 14.4. The third-order valence-electron chi connectivity index (χ3n) is 3.79. The summed E-state index contributed by atoms with van der Waals surface area (Å²) in [5.41, 5.74) is 1.84. The van der Waals surface area contributed by atoms with Gasteiger partial charge in [-0.1, -0.05) is 13.0 Å². The van der Waals surface area contributed by atoms with E-state index in [-0.39, 0.29) is 11.9 Å². The number of carbonyl (C=O) groups is 1.